The summed E-state index contributed by atoms with van der Waals surface area (Å²) in [5.74, 6) is 2.11. The van der Waals surface area contributed by atoms with Crippen molar-refractivity contribution >= 4 is 23.1 Å². The highest BCUT2D eigenvalue weighted by Gasteiger charge is 2.03. The van der Waals surface area contributed by atoms with Crippen LogP contribution in [0.15, 0.2) is 84.9 Å². The van der Waals surface area contributed by atoms with Gasteiger partial charge in [-0.05, 0) is 58.8 Å². The van der Waals surface area contributed by atoms with Crippen LogP contribution < -0.4 is 9.47 Å². The molecule has 0 fully saturated rings. The Morgan fingerprint density at radius 3 is 2.52 bits per heavy atom. The molecule has 33 heavy (non-hydrogen) atoms. The van der Waals surface area contributed by atoms with E-state index in [2.05, 4.69) is 37.7 Å². The summed E-state index contributed by atoms with van der Waals surface area (Å²) < 4.78 is 11.9. The number of nitrogens with zero attached hydrogens (tertiary/aromatic N) is 4. The van der Waals surface area contributed by atoms with Crippen LogP contribution in [0.5, 0.6) is 11.5 Å². The van der Waals surface area contributed by atoms with E-state index in [1.165, 1.54) is 0 Å². The van der Waals surface area contributed by atoms with Crippen LogP contribution in [0.25, 0.3) is 23.1 Å². The summed E-state index contributed by atoms with van der Waals surface area (Å²) in [6.45, 7) is 0.859. The van der Waals surface area contributed by atoms with Crippen molar-refractivity contribution in [1.29, 1.82) is 0 Å². The second kappa shape index (κ2) is 9.74. The Balaban J connectivity index is 1.16. The van der Waals surface area contributed by atoms with Gasteiger partial charge in [0.05, 0.1) is 11.2 Å². The summed E-state index contributed by atoms with van der Waals surface area (Å²) in [6, 6.07) is 27.8. The lowest BCUT2D eigenvalue weighted by Gasteiger charge is -2.10. The molecule has 7 heteroatoms. The number of ether oxygens (including phenoxy) is 2. The number of aromatic amines is 1. The van der Waals surface area contributed by atoms with E-state index in [9.17, 15) is 0 Å². The molecule has 2 aromatic heterocycles. The van der Waals surface area contributed by atoms with Gasteiger partial charge in [0.25, 0.3) is 0 Å². The van der Waals surface area contributed by atoms with Gasteiger partial charge in [-0.25, -0.2) is 4.98 Å². The van der Waals surface area contributed by atoms with Crippen LogP contribution in [0.1, 0.15) is 22.6 Å². The number of H-pyrrole nitrogens is 1. The summed E-state index contributed by atoms with van der Waals surface area (Å²) in [7, 11) is 0. The van der Waals surface area contributed by atoms with Crippen LogP contribution in [-0.2, 0) is 13.2 Å². The first-order valence-electron chi connectivity index (χ1n) is 10.5. The zero-order chi connectivity index (χ0) is 22.3. The molecule has 0 amide bonds. The Hall–Kier alpha value is -4.52. The Bertz CT molecular complexity index is 1370. The normalized spacial score (nSPS) is 11.2. The molecule has 1 N–H and O–H groups in total. The lowest BCUT2D eigenvalue weighted by atomic mass is 10.2. The number of fused-ring (bicyclic) bond motifs is 1. The second-order valence-electron chi connectivity index (χ2n) is 7.39. The van der Waals surface area contributed by atoms with E-state index in [0.717, 1.165) is 39.2 Å². The predicted octanol–water partition coefficient (Wildman–Crippen LogP) is 5.08. The van der Waals surface area contributed by atoms with E-state index in [4.69, 9.17) is 9.47 Å². The average Bonchev–Trinajstić information content (AvgIpc) is 3.40. The highest BCUT2D eigenvalue weighted by molar-refractivity contribution is 5.78. The van der Waals surface area contributed by atoms with Crippen LogP contribution in [-0.4, -0.2) is 25.6 Å². The molecule has 5 aromatic rings. The van der Waals surface area contributed by atoms with Gasteiger partial charge in [-0.1, -0.05) is 54.6 Å². The van der Waals surface area contributed by atoms with Crippen molar-refractivity contribution in [3.63, 3.8) is 0 Å². The van der Waals surface area contributed by atoms with Gasteiger partial charge < -0.3 is 9.47 Å². The first kappa shape index (κ1) is 20.4. The van der Waals surface area contributed by atoms with E-state index in [1.807, 2.05) is 78.9 Å². The van der Waals surface area contributed by atoms with Crippen molar-refractivity contribution in [3.05, 3.63) is 108 Å². The molecular formula is C26H21N5O2. The van der Waals surface area contributed by atoms with Gasteiger partial charge in [0, 0.05) is 5.39 Å². The zero-order valence-corrected chi connectivity index (χ0v) is 17.8. The minimum Gasteiger partial charge on any atom is -0.489 e. The minimum atomic E-state index is 0.411. The van der Waals surface area contributed by atoms with Crippen LogP contribution >= 0.6 is 0 Å². The molecule has 0 saturated carbocycles. The topological polar surface area (TPSA) is 85.8 Å². The average molecular weight is 435 g/mol. The van der Waals surface area contributed by atoms with E-state index in [0.29, 0.717) is 19.0 Å². The molecule has 5 rings (SSSR count). The van der Waals surface area contributed by atoms with Crippen LogP contribution in [0, 0.1) is 0 Å². The molecule has 0 bridgehead atoms. The van der Waals surface area contributed by atoms with Crippen molar-refractivity contribution < 1.29 is 9.47 Å². The molecule has 0 atom stereocenters. The number of rotatable bonds is 8. The van der Waals surface area contributed by atoms with Gasteiger partial charge in [-0.2, -0.15) is 5.21 Å². The van der Waals surface area contributed by atoms with Crippen LogP contribution in [0.3, 0.4) is 0 Å². The lowest BCUT2D eigenvalue weighted by molar-refractivity contribution is 0.293. The fourth-order valence-electron chi connectivity index (χ4n) is 3.32. The largest absolute Gasteiger partial charge is 0.489 e. The fraction of sp³-hybridized carbons (Fsp3) is 0.0769. The Morgan fingerprint density at radius 2 is 1.64 bits per heavy atom. The molecule has 0 unspecified atom stereocenters. The second-order valence-corrected chi connectivity index (χ2v) is 7.39. The predicted molar refractivity (Wildman–Crippen MR) is 126 cm³/mol. The van der Waals surface area contributed by atoms with Crippen molar-refractivity contribution in [2.45, 2.75) is 13.2 Å². The molecule has 3 aromatic carbocycles. The smallest absolute Gasteiger partial charge is 0.197 e. The number of para-hydroxylation sites is 1. The zero-order valence-electron chi connectivity index (χ0n) is 17.8. The van der Waals surface area contributed by atoms with E-state index in [-0.39, 0.29) is 0 Å². The van der Waals surface area contributed by atoms with Gasteiger partial charge in [0.15, 0.2) is 5.82 Å². The van der Waals surface area contributed by atoms with Crippen LogP contribution in [0.2, 0.25) is 0 Å². The Labute approximate surface area is 190 Å². The molecule has 0 aliphatic rings. The SMILES string of the molecule is C(=Cc1nn[nH]n1)c1ccc(OCc2cccc(OCc3ccc4ccccc4n3)c2)cc1. The molecule has 162 valence electrons. The summed E-state index contributed by atoms with van der Waals surface area (Å²) >= 11 is 0. The highest BCUT2D eigenvalue weighted by Crippen LogP contribution is 2.19. The number of hydrogen-bond donors (Lipinski definition) is 1. The van der Waals surface area contributed by atoms with E-state index >= 15 is 0 Å². The Kier molecular flexibility index (Phi) is 6.02. The minimum absolute atomic E-state index is 0.411. The van der Waals surface area contributed by atoms with E-state index < -0.39 is 0 Å². The van der Waals surface area contributed by atoms with Gasteiger partial charge >= 0.3 is 0 Å². The molecular weight excluding hydrogens is 414 g/mol. The lowest BCUT2D eigenvalue weighted by Crippen LogP contribution is -2.00. The maximum absolute atomic E-state index is 5.96. The number of nitrogens with one attached hydrogen (secondary N) is 1. The van der Waals surface area contributed by atoms with Gasteiger partial charge in [0.1, 0.15) is 24.7 Å². The maximum atomic E-state index is 5.96. The van der Waals surface area contributed by atoms with E-state index in [1.54, 1.807) is 6.08 Å². The van der Waals surface area contributed by atoms with Crippen molar-refractivity contribution in [1.82, 2.24) is 25.6 Å². The highest BCUT2D eigenvalue weighted by atomic mass is 16.5. The van der Waals surface area contributed by atoms with Crippen molar-refractivity contribution in [2.24, 2.45) is 0 Å². The van der Waals surface area contributed by atoms with Gasteiger partial charge in [-0.15, -0.1) is 10.2 Å². The molecule has 0 aliphatic carbocycles. The third kappa shape index (κ3) is 5.40. The first-order chi connectivity index (χ1) is 16.3. The molecule has 7 nitrogen and oxygen atoms in total. The molecule has 0 spiro atoms. The third-order valence-corrected chi connectivity index (χ3v) is 5.01. The summed E-state index contributed by atoms with van der Waals surface area (Å²) in [4.78, 5) is 4.66. The van der Waals surface area contributed by atoms with Gasteiger partial charge in [-0.3, -0.25) is 0 Å². The summed E-state index contributed by atoms with van der Waals surface area (Å²) in [5, 5.41) is 14.8. The van der Waals surface area contributed by atoms with Crippen molar-refractivity contribution in [3.8, 4) is 11.5 Å². The molecule has 0 saturated heterocycles. The number of pyridine rings is 1. The molecule has 0 radical (unpaired) electrons. The first-order valence-corrected chi connectivity index (χ1v) is 10.5. The molecule has 2 heterocycles. The number of hydrogen-bond acceptors (Lipinski definition) is 6. The van der Waals surface area contributed by atoms with Gasteiger partial charge in [0.2, 0.25) is 0 Å². The maximum Gasteiger partial charge on any atom is 0.197 e. The quantitative estimate of drug-likeness (QED) is 0.366. The standard InChI is InChI=1S/C26H21N5O2/c1-2-7-25-21(5-1)11-12-22(27-25)18-33-24-6-3-4-20(16-24)17-32-23-13-8-19(9-14-23)10-15-26-28-30-31-29-26/h1-16H,17-18H2,(H,28,29,30,31). The fourth-order valence-corrected chi connectivity index (χ4v) is 3.32. The monoisotopic (exact) mass is 435 g/mol. The third-order valence-electron chi connectivity index (χ3n) is 5.01. The van der Waals surface area contributed by atoms with Crippen LogP contribution in [0.4, 0.5) is 0 Å². The van der Waals surface area contributed by atoms with Crippen molar-refractivity contribution in [2.75, 3.05) is 0 Å². The molecule has 0 aliphatic heterocycles. The number of benzene rings is 3. The summed E-state index contributed by atoms with van der Waals surface area (Å²) in [6.07, 6.45) is 3.71. The number of tetrazole rings is 1. The number of aromatic nitrogens is 5. The summed E-state index contributed by atoms with van der Waals surface area (Å²) in [5.41, 5.74) is 3.91. The Morgan fingerprint density at radius 1 is 0.758 bits per heavy atom.